The van der Waals surface area contributed by atoms with Gasteiger partial charge in [0.05, 0.1) is 0 Å². The number of rotatable bonds is 1. The van der Waals surface area contributed by atoms with Crippen molar-refractivity contribution in [2.75, 3.05) is 13.2 Å². The van der Waals surface area contributed by atoms with Crippen LogP contribution in [0.15, 0.2) is 16.5 Å². The third-order valence-electron chi connectivity index (χ3n) is 3.00. The molecule has 2 aliphatic rings. The average Bonchev–Trinajstić information content (AvgIpc) is 3.07. The second kappa shape index (κ2) is 2.90. The van der Waals surface area contributed by atoms with Crippen molar-refractivity contribution in [1.29, 1.82) is 0 Å². The lowest BCUT2D eigenvalue weighted by molar-refractivity contribution is 0.172. The van der Waals surface area contributed by atoms with Crippen LogP contribution in [0.4, 0.5) is 0 Å². The zero-order chi connectivity index (χ0) is 10.5. The van der Waals surface area contributed by atoms with Crippen molar-refractivity contribution in [3.8, 4) is 11.5 Å². The molecule has 0 N–H and O–H groups in total. The van der Waals surface area contributed by atoms with Crippen molar-refractivity contribution in [1.82, 2.24) is 4.98 Å². The Morgan fingerprint density at radius 1 is 1.06 bits per heavy atom. The molecule has 1 fully saturated rings. The van der Waals surface area contributed by atoms with E-state index in [4.69, 9.17) is 13.9 Å². The highest BCUT2D eigenvalue weighted by Crippen LogP contribution is 2.42. The number of nitrogens with zero attached hydrogens (tertiary/aromatic N) is 1. The Labute approximate surface area is 92.2 Å². The molecule has 1 aliphatic carbocycles. The molecule has 4 nitrogen and oxygen atoms in total. The van der Waals surface area contributed by atoms with E-state index in [1.165, 1.54) is 12.8 Å². The Morgan fingerprint density at radius 2 is 1.81 bits per heavy atom. The smallest absolute Gasteiger partial charge is 0.198 e. The fraction of sp³-hybridized carbons (Fsp3) is 0.417. The summed E-state index contributed by atoms with van der Waals surface area (Å²) in [7, 11) is 0. The highest BCUT2D eigenvalue weighted by molar-refractivity contribution is 5.78. The van der Waals surface area contributed by atoms with Crippen molar-refractivity contribution in [2.24, 2.45) is 0 Å². The zero-order valence-electron chi connectivity index (χ0n) is 8.73. The topological polar surface area (TPSA) is 44.5 Å². The van der Waals surface area contributed by atoms with E-state index in [9.17, 15) is 0 Å². The molecule has 1 aromatic carbocycles. The van der Waals surface area contributed by atoms with E-state index < -0.39 is 0 Å². The summed E-state index contributed by atoms with van der Waals surface area (Å²) < 4.78 is 16.7. The molecule has 4 rings (SSSR count). The number of oxazole rings is 1. The molecular formula is C12H11NO3. The van der Waals surface area contributed by atoms with E-state index in [-0.39, 0.29) is 0 Å². The number of aromatic nitrogens is 1. The van der Waals surface area contributed by atoms with Gasteiger partial charge in [0.15, 0.2) is 23.0 Å². The van der Waals surface area contributed by atoms with Gasteiger partial charge in [-0.15, -0.1) is 0 Å². The standard InChI is InChI=1S/C12H11NO3/c1-2-7(1)12-13-8-5-10-11(6-9(8)16-12)15-4-3-14-10/h5-7H,1-4H2. The quantitative estimate of drug-likeness (QED) is 0.736. The van der Waals surface area contributed by atoms with Crippen LogP contribution in [0.25, 0.3) is 11.1 Å². The lowest BCUT2D eigenvalue weighted by Gasteiger charge is -2.17. The fourth-order valence-electron chi connectivity index (χ4n) is 1.99. The number of hydrogen-bond acceptors (Lipinski definition) is 4. The average molecular weight is 217 g/mol. The molecular weight excluding hydrogens is 206 g/mol. The van der Waals surface area contributed by atoms with Gasteiger partial charge in [-0.1, -0.05) is 0 Å². The molecule has 4 heteroatoms. The maximum Gasteiger partial charge on any atom is 0.198 e. The third-order valence-corrected chi connectivity index (χ3v) is 3.00. The van der Waals surface area contributed by atoms with Gasteiger partial charge in [0.25, 0.3) is 0 Å². The fourth-order valence-corrected chi connectivity index (χ4v) is 1.99. The van der Waals surface area contributed by atoms with Crippen molar-refractivity contribution >= 4 is 11.1 Å². The second-order valence-corrected chi connectivity index (χ2v) is 4.29. The van der Waals surface area contributed by atoms with Gasteiger partial charge in [-0.2, -0.15) is 0 Å². The highest BCUT2D eigenvalue weighted by Gasteiger charge is 2.29. The molecule has 0 saturated heterocycles. The van der Waals surface area contributed by atoms with E-state index in [1.807, 2.05) is 12.1 Å². The Hall–Kier alpha value is -1.71. The largest absolute Gasteiger partial charge is 0.486 e. The number of hydrogen-bond donors (Lipinski definition) is 0. The molecule has 1 saturated carbocycles. The van der Waals surface area contributed by atoms with E-state index in [0.717, 1.165) is 28.5 Å². The van der Waals surface area contributed by atoms with Crippen molar-refractivity contribution in [3.63, 3.8) is 0 Å². The van der Waals surface area contributed by atoms with E-state index >= 15 is 0 Å². The Kier molecular flexibility index (Phi) is 1.53. The maximum atomic E-state index is 5.71. The van der Waals surface area contributed by atoms with Crippen LogP contribution in [0.2, 0.25) is 0 Å². The predicted molar refractivity (Wildman–Crippen MR) is 57.0 cm³/mol. The Bertz CT molecular complexity index is 514. The molecule has 0 amide bonds. The van der Waals surface area contributed by atoms with Gasteiger partial charge < -0.3 is 13.9 Å². The molecule has 16 heavy (non-hydrogen) atoms. The molecule has 1 aromatic heterocycles. The van der Waals surface area contributed by atoms with Crippen LogP contribution >= 0.6 is 0 Å². The van der Waals surface area contributed by atoms with Gasteiger partial charge in [-0.25, -0.2) is 4.98 Å². The van der Waals surface area contributed by atoms with Gasteiger partial charge >= 0.3 is 0 Å². The van der Waals surface area contributed by atoms with Gasteiger partial charge in [0, 0.05) is 18.1 Å². The lowest BCUT2D eigenvalue weighted by atomic mass is 10.2. The number of benzene rings is 1. The van der Waals surface area contributed by atoms with Crippen LogP contribution < -0.4 is 9.47 Å². The first-order valence-electron chi connectivity index (χ1n) is 5.60. The first-order valence-corrected chi connectivity index (χ1v) is 5.60. The first kappa shape index (κ1) is 8.44. The number of fused-ring (bicyclic) bond motifs is 2. The zero-order valence-corrected chi connectivity index (χ0v) is 8.73. The van der Waals surface area contributed by atoms with Crippen LogP contribution in [0.5, 0.6) is 11.5 Å². The van der Waals surface area contributed by atoms with Crippen molar-refractivity contribution in [3.05, 3.63) is 18.0 Å². The molecule has 0 atom stereocenters. The van der Waals surface area contributed by atoms with Crippen molar-refractivity contribution in [2.45, 2.75) is 18.8 Å². The molecule has 0 unspecified atom stereocenters. The van der Waals surface area contributed by atoms with Gasteiger partial charge in [-0.3, -0.25) is 0 Å². The van der Waals surface area contributed by atoms with Crippen molar-refractivity contribution < 1.29 is 13.9 Å². The van der Waals surface area contributed by atoms with Gasteiger partial charge in [-0.05, 0) is 12.8 Å². The second-order valence-electron chi connectivity index (χ2n) is 4.29. The first-order chi connectivity index (χ1) is 7.90. The summed E-state index contributed by atoms with van der Waals surface area (Å²) in [6.45, 7) is 1.20. The summed E-state index contributed by atoms with van der Waals surface area (Å²) in [5, 5.41) is 0. The summed E-state index contributed by atoms with van der Waals surface area (Å²) >= 11 is 0. The minimum Gasteiger partial charge on any atom is -0.486 e. The summed E-state index contributed by atoms with van der Waals surface area (Å²) in [5.41, 5.74) is 1.66. The molecule has 1 aliphatic heterocycles. The summed E-state index contributed by atoms with van der Waals surface area (Å²) in [5.74, 6) is 2.93. The van der Waals surface area contributed by atoms with Gasteiger partial charge in [0.2, 0.25) is 0 Å². The molecule has 2 aromatic rings. The van der Waals surface area contributed by atoms with Gasteiger partial charge in [0.1, 0.15) is 18.7 Å². The van der Waals surface area contributed by atoms with E-state index in [2.05, 4.69) is 4.98 Å². The molecule has 0 spiro atoms. The summed E-state index contributed by atoms with van der Waals surface area (Å²) in [6.07, 6.45) is 2.39. The Balaban J connectivity index is 1.89. The number of ether oxygens (including phenoxy) is 2. The van der Waals surface area contributed by atoms with E-state index in [0.29, 0.717) is 19.1 Å². The normalized spacial score (nSPS) is 19.0. The summed E-state index contributed by atoms with van der Waals surface area (Å²) in [4.78, 5) is 4.48. The van der Waals surface area contributed by atoms with Crippen LogP contribution in [-0.4, -0.2) is 18.2 Å². The summed E-state index contributed by atoms with van der Waals surface area (Å²) in [6, 6.07) is 3.78. The third kappa shape index (κ3) is 1.19. The van der Waals surface area contributed by atoms with Crippen LogP contribution in [0.3, 0.4) is 0 Å². The van der Waals surface area contributed by atoms with Crippen LogP contribution in [0.1, 0.15) is 24.7 Å². The predicted octanol–water partition coefficient (Wildman–Crippen LogP) is 2.48. The molecule has 0 radical (unpaired) electrons. The minimum absolute atomic E-state index is 0.534. The molecule has 0 bridgehead atoms. The molecule has 82 valence electrons. The minimum atomic E-state index is 0.534. The SMILES string of the molecule is c1c2c(cc3oc(C4CC4)nc13)OCCO2. The lowest BCUT2D eigenvalue weighted by Crippen LogP contribution is -2.15. The Morgan fingerprint density at radius 3 is 2.56 bits per heavy atom. The highest BCUT2D eigenvalue weighted by atomic mass is 16.6. The van der Waals surface area contributed by atoms with E-state index in [1.54, 1.807) is 0 Å². The monoisotopic (exact) mass is 217 g/mol. The van der Waals surface area contributed by atoms with Crippen LogP contribution in [0, 0.1) is 0 Å². The maximum absolute atomic E-state index is 5.71. The van der Waals surface area contributed by atoms with Crippen LogP contribution in [-0.2, 0) is 0 Å². The molecule has 2 heterocycles.